The topological polar surface area (TPSA) is 30.7 Å². The molecule has 0 aromatic carbocycles. The highest BCUT2D eigenvalue weighted by Crippen LogP contribution is 1.76. The quantitative estimate of drug-likeness (QED) is 0.375. The van der Waals surface area contributed by atoms with E-state index >= 15 is 0 Å². The Balaban J connectivity index is 3.14. The lowest BCUT2D eigenvalue weighted by Gasteiger charge is -1.85. The van der Waals surface area contributed by atoms with Crippen LogP contribution < -0.4 is 5.72 Å². The van der Waals surface area contributed by atoms with Crippen LogP contribution in [0.5, 0.6) is 0 Å². The Labute approximate surface area is 49.1 Å². The van der Waals surface area contributed by atoms with Crippen LogP contribution in [0.15, 0.2) is 0 Å². The lowest BCUT2D eigenvalue weighted by Crippen LogP contribution is -2.16. The third-order valence-corrected chi connectivity index (χ3v) is 1.09. The first-order chi connectivity index (χ1) is 3.70. The zero-order chi connectivity index (χ0) is 6.15. The molecule has 4 heteroatoms. The van der Waals surface area contributed by atoms with Gasteiger partial charge in [-0.1, -0.05) is 0 Å². The van der Waals surface area contributed by atoms with E-state index in [1.54, 1.807) is 4.68 Å². The van der Waals surface area contributed by atoms with Gasteiger partial charge in [0, 0.05) is 7.05 Å². The minimum absolute atomic E-state index is 0.838. The smallest absolute Gasteiger partial charge is 0.188 e. The maximum absolute atomic E-state index is 4.06. The molecule has 42 valence electrons. The maximum Gasteiger partial charge on any atom is 0.188 e. The fourth-order valence-corrected chi connectivity index (χ4v) is 0.618. The first-order valence-corrected chi connectivity index (χ1v) is 2.54. The van der Waals surface area contributed by atoms with Gasteiger partial charge in [0.1, 0.15) is 5.82 Å². The van der Waals surface area contributed by atoms with Crippen molar-refractivity contribution < 1.29 is 0 Å². The molecule has 0 unspecified atom stereocenters. The van der Waals surface area contributed by atoms with Crippen molar-refractivity contribution >= 4 is 13.6 Å². The first kappa shape index (κ1) is 5.34. The lowest BCUT2D eigenvalue weighted by atomic mass is 10.1. The van der Waals surface area contributed by atoms with Gasteiger partial charge < -0.3 is 0 Å². The van der Waals surface area contributed by atoms with Crippen molar-refractivity contribution in [3.8, 4) is 0 Å². The highest BCUT2D eigenvalue weighted by Gasteiger charge is 1.93. The van der Waals surface area contributed by atoms with Gasteiger partial charge in [-0.15, -0.1) is 0 Å². The molecule has 0 fully saturated rings. The van der Waals surface area contributed by atoms with Crippen LogP contribution in [0.1, 0.15) is 5.82 Å². The van der Waals surface area contributed by atoms with E-state index in [0.29, 0.717) is 0 Å². The zero-order valence-corrected chi connectivity index (χ0v) is 5.34. The van der Waals surface area contributed by atoms with Crippen LogP contribution in [-0.4, -0.2) is 22.6 Å². The number of hydrogen-bond acceptors (Lipinski definition) is 2. The van der Waals surface area contributed by atoms with E-state index in [9.17, 15) is 0 Å². The monoisotopic (exact) mass is 109 g/mol. The molecule has 0 radical (unpaired) electrons. The number of aryl methyl sites for hydroxylation is 2. The van der Waals surface area contributed by atoms with Crippen molar-refractivity contribution in [2.75, 3.05) is 0 Å². The molecular weight excluding hydrogens is 101 g/mol. The Morgan fingerprint density at radius 3 is 2.38 bits per heavy atom. The highest BCUT2D eigenvalue weighted by molar-refractivity contribution is 6.29. The van der Waals surface area contributed by atoms with Gasteiger partial charge >= 0.3 is 0 Å². The van der Waals surface area contributed by atoms with Crippen molar-refractivity contribution in [1.82, 2.24) is 14.8 Å². The molecule has 0 spiro atoms. The van der Waals surface area contributed by atoms with E-state index in [1.165, 1.54) is 0 Å². The third-order valence-electron chi connectivity index (χ3n) is 1.09. The molecule has 1 heterocycles. The van der Waals surface area contributed by atoms with Gasteiger partial charge in [0.25, 0.3) is 0 Å². The van der Waals surface area contributed by atoms with Gasteiger partial charge in [0.15, 0.2) is 7.85 Å². The molecule has 1 rings (SSSR count). The summed E-state index contributed by atoms with van der Waals surface area (Å²) in [4.78, 5) is 4.06. The standard InChI is InChI=1S/C4H8BN3/c1-3-6-4(5)8(2)7-3/h5H2,1-2H3. The van der Waals surface area contributed by atoms with Crippen molar-refractivity contribution in [2.24, 2.45) is 7.05 Å². The van der Waals surface area contributed by atoms with Crippen LogP contribution in [0.25, 0.3) is 0 Å². The van der Waals surface area contributed by atoms with Gasteiger partial charge in [-0.2, -0.15) is 5.10 Å². The molecule has 0 aliphatic heterocycles. The summed E-state index contributed by atoms with van der Waals surface area (Å²) in [6, 6.07) is 0. The van der Waals surface area contributed by atoms with Crippen molar-refractivity contribution in [3.63, 3.8) is 0 Å². The third kappa shape index (κ3) is 0.733. The summed E-state index contributed by atoms with van der Waals surface area (Å²) in [5.41, 5.74) is 0.961. The van der Waals surface area contributed by atoms with E-state index in [4.69, 9.17) is 0 Å². The molecular formula is C4H8BN3. The van der Waals surface area contributed by atoms with Crippen LogP contribution in [-0.2, 0) is 7.05 Å². The molecule has 0 saturated carbocycles. The molecule has 0 amide bonds. The SMILES string of the molecule is Bc1nc(C)nn1C. The zero-order valence-electron chi connectivity index (χ0n) is 5.34. The van der Waals surface area contributed by atoms with Gasteiger partial charge in [-0.05, 0) is 6.92 Å². The second kappa shape index (κ2) is 1.61. The molecule has 8 heavy (non-hydrogen) atoms. The number of aromatic nitrogens is 3. The molecule has 0 bridgehead atoms. The Kier molecular flexibility index (Phi) is 1.08. The van der Waals surface area contributed by atoms with Crippen LogP contribution in [0.4, 0.5) is 0 Å². The summed E-state index contributed by atoms with van der Waals surface area (Å²) in [6.45, 7) is 1.88. The van der Waals surface area contributed by atoms with E-state index in [0.717, 1.165) is 11.5 Å². The van der Waals surface area contributed by atoms with Crippen LogP contribution in [0.3, 0.4) is 0 Å². The summed E-state index contributed by atoms with van der Waals surface area (Å²) < 4.78 is 1.76. The van der Waals surface area contributed by atoms with Crippen LogP contribution >= 0.6 is 0 Å². The predicted octanol–water partition coefficient (Wildman–Crippen LogP) is -1.62. The summed E-state index contributed by atoms with van der Waals surface area (Å²) >= 11 is 0. The largest absolute Gasteiger partial charge is 0.263 e. The fourth-order valence-electron chi connectivity index (χ4n) is 0.618. The number of hydrogen-bond donors (Lipinski definition) is 0. The number of nitrogens with zero attached hydrogens (tertiary/aromatic N) is 3. The Morgan fingerprint density at radius 1 is 1.62 bits per heavy atom. The van der Waals surface area contributed by atoms with Crippen LogP contribution in [0, 0.1) is 6.92 Å². The predicted molar refractivity (Wildman–Crippen MR) is 33.9 cm³/mol. The number of rotatable bonds is 0. The Morgan fingerprint density at radius 2 is 2.25 bits per heavy atom. The lowest BCUT2D eigenvalue weighted by molar-refractivity contribution is 0.776. The van der Waals surface area contributed by atoms with Gasteiger partial charge in [0.2, 0.25) is 0 Å². The molecule has 1 aromatic heterocycles. The Bertz CT molecular complexity index is 174. The summed E-state index contributed by atoms with van der Waals surface area (Å²) in [7, 11) is 3.81. The van der Waals surface area contributed by atoms with Crippen molar-refractivity contribution in [3.05, 3.63) is 5.82 Å². The average molecular weight is 109 g/mol. The van der Waals surface area contributed by atoms with Gasteiger partial charge in [-0.3, -0.25) is 4.68 Å². The van der Waals surface area contributed by atoms with Crippen LogP contribution in [0.2, 0.25) is 0 Å². The van der Waals surface area contributed by atoms with E-state index in [1.807, 2.05) is 21.8 Å². The van der Waals surface area contributed by atoms with Crippen molar-refractivity contribution in [2.45, 2.75) is 6.92 Å². The van der Waals surface area contributed by atoms with E-state index in [2.05, 4.69) is 10.1 Å². The molecule has 0 saturated heterocycles. The average Bonchev–Trinajstić information content (AvgIpc) is 1.85. The molecule has 0 N–H and O–H groups in total. The Hall–Kier alpha value is -0.795. The maximum atomic E-state index is 4.06. The van der Waals surface area contributed by atoms with E-state index in [-0.39, 0.29) is 0 Å². The van der Waals surface area contributed by atoms with Gasteiger partial charge in [0.05, 0.1) is 5.72 Å². The molecule has 0 aliphatic carbocycles. The van der Waals surface area contributed by atoms with Gasteiger partial charge in [-0.25, -0.2) is 4.98 Å². The van der Waals surface area contributed by atoms with Crippen molar-refractivity contribution in [1.29, 1.82) is 0 Å². The summed E-state index contributed by atoms with van der Waals surface area (Å²) in [5.74, 6) is 0.838. The molecule has 0 aliphatic rings. The summed E-state index contributed by atoms with van der Waals surface area (Å²) in [5, 5.41) is 4.02. The normalized spacial score (nSPS) is 9.75. The second-order valence-electron chi connectivity index (χ2n) is 1.83. The molecule has 0 atom stereocenters. The van der Waals surface area contributed by atoms with E-state index < -0.39 is 0 Å². The first-order valence-electron chi connectivity index (χ1n) is 2.54. The highest BCUT2D eigenvalue weighted by atomic mass is 15.3. The molecule has 1 aromatic rings. The fraction of sp³-hybridized carbons (Fsp3) is 0.500. The minimum Gasteiger partial charge on any atom is -0.263 e. The minimum atomic E-state index is 0.838. The second-order valence-corrected chi connectivity index (χ2v) is 1.83. The summed E-state index contributed by atoms with van der Waals surface area (Å²) in [6.07, 6.45) is 0. The molecule has 3 nitrogen and oxygen atoms in total.